The van der Waals surface area contributed by atoms with E-state index in [9.17, 15) is 4.79 Å². The third-order valence-corrected chi connectivity index (χ3v) is 3.51. The zero-order valence-corrected chi connectivity index (χ0v) is 12.0. The first-order valence-electron chi connectivity index (χ1n) is 6.69. The van der Waals surface area contributed by atoms with Crippen LogP contribution < -0.4 is 0 Å². The van der Waals surface area contributed by atoms with Crippen LogP contribution in [0.4, 0.5) is 0 Å². The fraction of sp³-hybridized carbons (Fsp3) is 0.250. The molecule has 1 amide bonds. The second-order valence-corrected chi connectivity index (χ2v) is 4.77. The zero-order valence-electron chi connectivity index (χ0n) is 12.0. The van der Waals surface area contributed by atoms with Gasteiger partial charge in [0, 0.05) is 18.7 Å². The van der Waals surface area contributed by atoms with Crippen LogP contribution >= 0.6 is 0 Å². The summed E-state index contributed by atoms with van der Waals surface area (Å²) in [6, 6.07) is 0. The molecule has 110 valence electrons. The Morgan fingerprint density at radius 1 is 1.24 bits per heavy atom. The van der Waals surface area contributed by atoms with Crippen molar-refractivity contribution in [2.45, 2.75) is 6.54 Å². The number of aliphatic hydroxyl groups excluding tert-OH is 1. The summed E-state index contributed by atoms with van der Waals surface area (Å²) >= 11 is 0. The molecule has 0 saturated carbocycles. The maximum atomic E-state index is 12.6. The smallest absolute Gasteiger partial charge is 0.272 e. The zero-order chi connectivity index (χ0) is 15.6. The molecule has 2 rings (SSSR count). The number of aromatic nitrogens is 2. The first-order valence-corrected chi connectivity index (χ1v) is 6.69. The van der Waals surface area contributed by atoms with Gasteiger partial charge in [-0.3, -0.25) is 9.48 Å². The lowest BCUT2D eigenvalue weighted by Crippen LogP contribution is -2.42. The lowest BCUT2D eigenvalue weighted by atomic mass is 9.99. The average Bonchev–Trinajstić information content (AvgIpc) is 2.89. The van der Waals surface area contributed by atoms with Crippen LogP contribution in [0, 0.1) is 0 Å². The van der Waals surface area contributed by atoms with Crippen molar-refractivity contribution in [2.24, 2.45) is 0 Å². The van der Waals surface area contributed by atoms with Gasteiger partial charge < -0.3 is 10.0 Å². The van der Waals surface area contributed by atoms with Gasteiger partial charge in [0.15, 0.2) is 0 Å². The number of aliphatic hydroxyl groups is 1. The Balaban J connectivity index is 2.61. The van der Waals surface area contributed by atoms with E-state index in [4.69, 9.17) is 5.11 Å². The van der Waals surface area contributed by atoms with E-state index >= 15 is 0 Å². The van der Waals surface area contributed by atoms with Crippen LogP contribution in [0.5, 0.6) is 0 Å². The highest BCUT2D eigenvalue weighted by Gasteiger charge is 2.31. The Kier molecular flexibility index (Phi) is 4.23. The van der Waals surface area contributed by atoms with Gasteiger partial charge in [-0.15, -0.1) is 0 Å². The minimum Gasteiger partial charge on any atom is -0.395 e. The van der Waals surface area contributed by atoms with Gasteiger partial charge in [-0.25, -0.2) is 0 Å². The molecule has 0 fully saturated rings. The van der Waals surface area contributed by atoms with Crippen LogP contribution in [0.1, 0.15) is 21.7 Å². The monoisotopic (exact) mass is 285 g/mol. The van der Waals surface area contributed by atoms with Crippen molar-refractivity contribution in [1.29, 1.82) is 0 Å². The molecule has 1 aliphatic heterocycles. The highest BCUT2D eigenvalue weighted by molar-refractivity contribution is 6.01. The summed E-state index contributed by atoms with van der Waals surface area (Å²) < 4.78 is 1.67. The number of nitrogens with zero attached hydrogens (tertiary/aromatic N) is 3. The molecule has 0 bridgehead atoms. The fourth-order valence-corrected chi connectivity index (χ4v) is 2.37. The Labute approximate surface area is 124 Å². The molecule has 0 aliphatic carbocycles. The molecule has 0 saturated heterocycles. The number of β-amino-alcohol motifs (C(OH)–C–C–N with tert-alkyl or cyclic N) is 1. The van der Waals surface area contributed by atoms with Crippen molar-refractivity contribution < 1.29 is 9.90 Å². The van der Waals surface area contributed by atoms with E-state index in [-0.39, 0.29) is 12.5 Å². The number of hydrogen-bond donors (Lipinski definition) is 1. The van der Waals surface area contributed by atoms with E-state index < -0.39 is 0 Å². The number of fused-ring (bicyclic) bond motifs is 1. The van der Waals surface area contributed by atoms with Gasteiger partial charge in [-0.1, -0.05) is 38.5 Å². The number of allylic oxidation sites excluding steroid dienone is 4. The summed E-state index contributed by atoms with van der Waals surface area (Å²) in [7, 11) is 0. The highest BCUT2D eigenvalue weighted by Crippen LogP contribution is 2.30. The minimum absolute atomic E-state index is 0.0656. The Morgan fingerprint density at radius 2 is 1.90 bits per heavy atom. The van der Waals surface area contributed by atoms with Gasteiger partial charge >= 0.3 is 0 Å². The van der Waals surface area contributed by atoms with Gasteiger partial charge in [0.25, 0.3) is 5.91 Å². The molecule has 0 unspecified atom stereocenters. The summed E-state index contributed by atoms with van der Waals surface area (Å²) in [6.07, 6.45) is 3.19. The first kappa shape index (κ1) is 15.0. The van der Waals surface area contributed by atoms with Crippen LogP contribution in [0.25, 0.3) is 11.1 Å². The molecule has 1 aromatic heterocycles. The number of carbonyl (C=O) groups is 1. The molecule has 0 aromatic carbocycles. The summed E-state index contributed by atoms with van der Waals surface area (Å²) in [5, 5.41) is 13.5. The van der Waals surface area contributed by atoms with E-state index in [1.807, 2.05) is 0 Å². The standard InChI is InChI=1S/C16H19N3O2/c1-5-11(3)13-14(12(4)6-2)17-19-8-7-18(9-10-20)16(21)15(13)19/h5-6,20H,1-4,7-10H2. The third kappa shape index (κ3) is 2.48. The topological polar surface area (TPSA) is 58.4 Å². The van der Waals surface area contributed by atoms with Gasteiger partial charge in [0.2, 0.25) is 0 Å². The Hall–Kier alpha value is -2.40. The number of carbonyl (C=O) groups excluding carboxylic acids is 1. The molecule has 1 aliphatic rings. The highest BCUT2D eigenvalue weighted by atomic mass is 16.3. The van der Waals surface area contributed by atoms with Crippen molar-refractivity contribution >= 4 is 17.1 Å². The van der Waals surface area contributed by atoms with Crippen molar-refractivity contribution in [3.05, 3.63) is 55.4 Å². The molecular weight excluding hydrogens is 266 g/mol. The summed E-state index contributed by atoms with van der Waals surface area (Å²) in [5.41, 5.74) is 2.97. The predicted octanol–water partition coefficient (Wildman–Crippen LogP) is 1.73. The normalized spacial score (nSPS) is 13.8. The average molecular weight is 285 g/mol. The predicted molar refractivity (Wildman–Crippen MR) is 83.7 cm³/mol. The summed E-state index contributed by atoms with van der Waals surface area (Å²) in [4.78, 5) is 14.2. The van der Waals surface area contributed by atoms with Crippen LogP contribution in [0.2, 0.25) is 0 Å². The second-order valence-electron chi connectivity index (χ2n) is 4.77. The van der Waals surface area contributed by atoms with Crippen molar-refractivity contribution in [2.75, 3.05) is 19.7 Å². The Bertz CT molecular complexity index is 640. The lowest BCUT2D eigenvalue weighted by Gasteiger charge is -2.27. The van der Waals surface area contributed by atoms with Gasteiger partial charge in [-0.2, -0.15) is 5.10 Å². The van der Waals surface area contributed by atoms with Crippen molar-refractivity contribution in [3.8, 4) is 0 Å². The molecule has 0 spiro atoms. The van der Waals surface area contributed by atoms with Crippen molar-refractivity contribution in [1.82, 2.24) is 14.7 Å². The molecule has 0 radical (unpaired) electrons. The van der Waals surface area contributed by atoms with Crippen LogP contribution in [-0.2, 0) is 6.54 Å². The number of rotatable bonds is 6. The SMILES string of the molecule is C=CC(=C)c1nn2c(c1C(=C)C=C)C(=O)N(CCO)CC2. The molecule has 2 heterocycles. The van der Waals surface area contributed by atoms with E-state index in [1.165, 1.54) is 0 Å². The van der Waals surface area contributed by atoms with Gasteiger partial charge in [0.1, 0.15) is 11.4 Å². The Morgan fingerprint density at radius 3 is 2.48 bits per heavy atom. The molecule has 21 heavy (non-hydrogen) atoms. The van der Waals surface area contributed by atoms with Gasteiger partial charge in [-0.05, 0) is 11.1 Å². The second kappa shape index (κ2) is 5.93. The fourth-order valence-electron chi connectivity index (χ4n) is 2.37. The largest absolute Gasteiger partial charge is 0.395 e. The van der Waals surface area contributed by atoms with Crippen LogP contribution in [-0.4, -0.2) is 45.4 Å². The van der Waals surface area contributed by atoms with Gasteiger partial charge in [0.05, 0.1) is 13.2 Å². The van der Waals surface area contributed by atoms with E-state index in [0.717, 1.165) is 0 Å². The van der Waals surface area contributed by atoms with Crippen LogP contribution in [0.15, 0.2) is 38.5 Å². The van der Waals surface area contributed by atoms with Crippen molar-refractivity contribution in [3.63, 3.8) is 0 Å². The third-order valence-electron chi connectivity index (χ3n) is 3.51. The molecule has 5 nitrogen and oxygen atoms in total. The maximum absolute atomic E-state index is 12.6. The molecule has 5 heteroatoms. The van der Waals surface area contributed by atoms with Crippen LogP contribution in [0.3, 0.4) is 0 Å². The quantitative estimate of drug-likeness (QED) is 0.810. The van der Waals surface area contributed by atoms with E-state index in [0.29, 0.717) is 47.7 Å². The minimum atomic E-state index is -0.163. The summed E-state index contributed by atoms with van der Waals surface area (Å²) in [6.45, 7) is 16.6. The van der Waals surface area contributed by atoms with E-state index in [1.54, 1.807) is 21.7 Å². The maximum Gasteiger partial charge on any atom is 0.272 e. The summed E-state index contributed by atoms with van der Waals surface area (Å²) in [5.74, 6) is -0.163. The molecule has 1 N–H and O–H groups in total. The van der Waals surface area contributed by atoms with E-state index in [2.05, 4.69) is 31.4 Å². The first-order chi connectivity index (χ1) is 10.0. The lowest BCUT2D eigenvalue weighted by molar-refractivity contribution is 0.0661. The molecule has 0 atom stereocenters. The molecule has 1 aromatic rings. The molecular formula is C16H19N3O2. The number of hydrogen-bond acceptors (Lipinski definition) is 3. The number of amides is 1.